The third-order valence-electron chi connectivity index (χ3n) is 3.27. The number of halogens is 1. The molecule has 5 heteroatoms. The van der Waals surface area contributed by atoms with Gasteiger partial charge in [0, 0.05) is 5.02 Å². The molecule has 0 aliphatic heterocycles. The van der Waals surface area contributed by atoms with E-state index in [1.165, 1.54) is 4.68 Å². The van der Waals surface area contributed by atoms with Crippen LogP contribution in [0.2, 0.25) is 5.02 Å². The van der Waals surface area contributed by atoms with Crippen LogP contribution in [0.1, 0.15) is 18.5 Å². The topological polar surface area (TPSA) is 49.8 Å². The minimum atomic E-state index is -0.184. The Morgan fingerprint density at radius 3 is 2.70 bits per heavy atom. The highest BCUT2D eigenvalue weighted by atomic mass is 35.5. The zero-order valence-electron chi connectivity index (χ0n) is 10.9. The summed E-state index contributed by atoms with van der Waals surface area (Å²) in [5, 5.41) is 6.55. The summed E-state index contributed by atoms with van der Waals surface area (Å²) < 4.78 is 1.48. The zero-order chi connectivity index (χ0) is 14.1. The second-order valence-corrected chi connectivity index (χ2v) is 5.13. The Balaban J connectivity index is 1.77. The Hall–Kier alpha value is -2.20. The Morgan fingerprint density at radius 1 is 1.25 bits per heavy atom. The molecule has 0 fully saturated rings. The number of rotatable bonds is 2. The molecule has 20 heavy (non-hydrogen) atoms. The minimum absolute atomic E-state index is 0.0538. The summed E-state index contributed by atoms with van der Waals surface area (Å²) in [7, 11) is 0. The smallest absolute Gasteiger partial charge is 0.330 e. The quantitative estimate of drug-likeness (QED) is 0.737. The average Bonchev–Trinajstić information content (AvgIpc) is 2.42. The first-order chi connectivity index (χ1) is 9.65. The van der Waals surface area contributed by atoms with Crippen molar-refractivity contribution in [1.29, 1.82) is 0 Å². The van der Waals surface area contributed by atoms with Gasteiger partial charge >= 0.3 is 6.03 Å². The molecule has 3 aromatic rings. The first kappa shape index (κ1) is 12.8. The van der Waals surface area contributed by atoms with Crippen LogP contribution in [0.5, 0.6) is 0 Å². The fraction of sp³-hybridized carbons (Fsp3) is 0.133. The number of benzene rings is 2. The van der Waals surface area contributed by atoms with E-state index in [4.69, 9.17) is 11.6 Å². The van der Waals surface area contributed by atoms with Crippen molar-refractivity contribution in [3.05, 3.63) is 59.1 Å². The lowest BCUT2D eigenvalue weighted by Gasteiger charge is -2.19. The molecule has 1 unspecified atom stereocenters. The number of carbonyl (C=O) groups excluding carboxylic acids is 1. The molecule has 4 nitrogen and oxygen atoms in total. The number of aromatic nitrogens is 2. The molecule has 0 bridgehead atoms. The van der Waals surface area contributed by atoms with Gasteiger partial charge in [-0.05, 0) is 30.7 Å². The monoisotopic (exact) mass is 287 g/mol. The lowest BCUT2D eigenvalue weighted by Crippen LogP contribution is -2.34. The number of aromatic amines is 1. The summed E-state index contributed by atoms with van der Waals surface area (Å²) in [6, 6.07) is 15.0. The number of carbonyl (C=O) groups is 1. The number of fused-ring (bicyclic) bond motifs is 1. The van der Waals surface area contributed by atoms with Crippen LogP contribution in [0.4, 0.5) is 4.79 Å². The molecule has 3 rings (SSSR count). The van der Waals surface area contributed by atoms with Gasteiger partial charge in [-0.1, -0.05) is 41.9 Å². The van der Waals surface area contributed by atoms with E-state index in [9.17, 15) is 4.79 Å². The van der Waals surface area contributed by atoms with Crippen LogP contribution in [0.15, 0.2) is 48.5 Å². The van der Waals surface area contributed by atoms with E-state index >= 15 is 0 Å². The molecule has 1 amide bonds. The standard InChI is InChI=1S/C15H14ClN3O/c1-10(11-5-3-2-4-6-11)17-15(20)19-14-8-7-12(16)9-13(14)18-19/h2-10,18H,1H3,(H,17,20). The van der Waals surface area contributed by atoms with E-state index in [0.717, 1.165) is 16.6 Å². The fourth-order valence-electron chi connectivity index (χ4n) is 2.16. The van der Waals surface area contributed by atoms with E-state index in [1.54, 1.807) is 12.1 Å². The Labute approximate surface area is 121 Å². The third-order valence-corrected chi connectivity index (χ3v) is 3.51. The van der Waals surface area contributed by atoms with Crippen molar-refractivity contribution in [3.63, 3.8) is 0 Å². The average molecular weight is 288 g/mol. The zero-order valence-corrected chi connectivity index (χ0v) is 11.7. The third kappa shape index (κ3) is 2.30. The number of amides is 1. The summed E-state index contributed by atoms with van der Waals surface area (Å²) in [5.41, 5.74) is 2.75. The van der Waals surface area contributed by atoms with Crippen LogP contribution < -0.4 is 5.32 Å². The highest BCUT2D eigenvalue weighted by Gasteiger charge is 2.15. The van der Waals surface area contributed by atoms with Crippen molar-refractivity contribution in [2.75, 3.05) is 0 Å². The highest BCUT2D eigenvalue weighted by Crippen LogP contribution is 2.20. The van der Waals surface area contributed by atoms with Gasteiger partial charge in [0.15, 0.2) is 0 Å². The summed E-state index contributed by atoms with van der Waals surface area (Å²) in [6.45, 7) is 1.95. The van der Waals surface area contributed by atoms with Gasteiger partial charge in [0.2, 0.25) is 0 Å². The lowest BCUT2D eigenvalue weighted by molar-refractivity contribution is 0.237. The second-order valence-electron chi connectivity index (χ2n) is 4.69. The molecule has 0 spiro atoms. The highest BCUT2D eigenvalue weighted by molar-refractivity contribution is 6.31. The second kappa shape index (κ2) is 5.06. The van der Waals surface area contributed by atoms with E-state index in [0.29, 0.717) is 5.02 Å². The van der Waals surface area contributed by atoms with Crippen molar-refractivity contribution in [1.82, 2.24) is 15.1 Å². The molecule has 2 N–H and O–H groups in total. The predicted molar refractivity (Wildman–Crippen MR) is 80.1 cm³/mol. The van der Waals surface area contributed by atoms with Crippen molar-refractivity contribution >= 4 is 28.7 Å². The van der Waals surface area contributed by atoms with E-state index in [2.05, 4.69) is 10.4 Å². The summed E-state index contributed by atoms with van der Waals surface area (Å²) in [4.78, 5) is 12.2. The van der Waals surface area contributed by atoms with Gasteiger partial charge < -0.3 is 5.32 Å². The predicted octanol–water partition coefficient (Wildman–Crippen LogP) is 3.94. The van der Waals surface area contributed by atoms with E-state index in [-0.39, 0.29) is 12.1 Å². The van der Waals surface area contributed by atoms with Gasteiger partial charge in [-0.25, -0.2) is 9.48 Å². The first-order valence-corrected chi connectivity index (χ1v) is 6.75. The van der Waals surface area contributed by atoms with Crippen LogP contribution in [0.25, 0.3) is 11.0 Å². The molecule has 2 aromatic carbocycles. The fourth-order valence-corrected chi connectivity index (χ4v) is 2.33. The first-order valence-electron chi connectivity index (χ1n) is 6.37. The number of hydrogen-bond acceptors (Lipinski definition) is 1. The summed E-state index contributed by atoms with van der Waals surface area (Å²) >= 11 is 5.88. The molecule has 1 atom stereocenters. The Kier molecular flexibility index (Phi) is 3.24. The number of nitrogens with zero attached hydrogens (tertiary/aromatic N) is 1. The molecule has 0 aliphatic carbocycles. The summed E-state index contributed by atoms with van der Waals surface area (Å²) in [5.74, 6) is 0. The maximum atomic E-state index is 12.2. The SMILES string of the molecule is CC(NC(=O)n1[nH]c2cc(Cl)ccc21)c1ccccc1. The number of nitrogens with one attached hydrogen (secondary N) is 2. The normalized spacial score (nSPS) is 12.5. The van der Waals surface area contributed by atoms with Crippen molar-refractivity contribution < 1.29 is 4.79 Å². The van der Waals surface area contributed by atoms with Crippen LogP contribution in [0, 0.1) is 0 Å². The minimum Gasteiger partial charge on any atom is -0.330 e. The number of hydrogen-bond donors (Lipinski definition) is 2. The van der Waals surface area contributed by atoms with Crippen molar-refractivity contribution in [3.8, 4) is 0 Å². The van der Waals surface area contributed by atoms with Gasteiger partial charge in [-0.15, -0.1) is 0 Å². The molecular weight excluding hydrogens is 274 g/mol. The van der Waals surface area contributed by atoms with Gasteiger partial charge in [0.1, 0.15) is 0 Å². The molecule has 1 aromatic heterocycles. The van der Waals surface area contributed by atoms with Crippen LogP contribution >= 0.6 is 11.6 Å². The van der Waals surface area contributed by atoms with Crippen molar-refractivity contribution in [2.45, 2.75) is 13.0 Å². The molecule has 0 saturated heterocycles. The van der Waals surface area contributed by atoms with Crippen LogP contribution in [0.3, 0.4) is 0 Å². The van der Waals surface area contributed by atoms with Gasteiger partial charge in [-0.3, -0.25) is 5.10 Å². The number of H-pyrrole nitrogens is 1. The van der Waals surface area contributed by atoms with Crippen LogP contribution in [-0.4, -0.2) is 15.8 Å². The maximum Gasteiger partial charge on any atom is 0.341 e. The maximum absolute atomic E-state index is 12.2. The lowest BCUT2D eigenvalue weighted by atomic mass is 10.1. The molecule has 0 saturated carbocycles. The van der Waals surface area contributed by atoms with Gasteiger partial charge in [0.25, 0.3) is 0 Å². The molecular formula is C15H14ClN3O. The van der Waals surface area contributed by atoms with Crippen molar-refractivity contribution in [2.24, 2.45) is 0 Å². The Morgan fingerprint density at radius 2 is 2.00 bits per heavy atom. The summed E-state index contributed by atoms with van der Waals surface area (Å²) in [6.07, 6.45) is 0. The largest absolute Gasteiger partial charge is 0.341 e. The molecule has 0 radical (unpaired) electrons. The van der Waals surface area contributed by atoms with Gasteiger partial charge in [0.05, 0.1) is 17.1 Å². The van der Waals surface area contributed by atoms with Gasteiger partial charge in [-0.2, -0.15) is 0 Å². The van der Waals surface area contributed by atoms with E-state index in [1.807, 2.05) is 43.3 Å². The van der Waals surface area contributed by atoms with Crippen LogP contribution in [-0.2, 0) is 0 Å². The molecule has 0 aliphatic rings. The molecule has 102 valence electrons. The van der Waals surface area contributed by atoms with E-state index < -0.39 is 0 Å². The Bertz CT molecular complexity index is 745. The molecule has 1 heterocycles.